The fourth-order valence-electron chi connectivity index (χ4n) is 2.76. The summed E-state index contributed by atoms with van der Waals surface area (Å²) in [5.41, 5.74) is 2.09. The SMILES string of the molecule is O[C@H]1[C@H](OCc2ccccc2)[C@@H](/C=N/OCc2ccccc2)O[C@H]1CI. The number of rotatable bonds is 8. The second-order valence-electron chi connectivity index (χ2n) is 6.06. The molecule has 5 nitrogen and oxygen atoms in total. The molecule has 0 spiro atoms. The summed E-state index contributed by atoms with van der Waals surface area (Å²) in [6, 6.07) is 19.7. The van der Waals surface area contributed by atoms with Gasteiger partial charge in [0.25, 0.3) is 0 Å². The van der Waals surface area contributed by atoms with E-state index in [9.17, 15) is 5.11 Å². The lowest BCUT2D eigenvalue weighted by Crippen LogP contribution is -2.36. The van der Waals surface area contributed by atoms with Crippen molar-refractivity contribution in [2.45, 2.75) is 37.6 Å². The molecular weight excluding hydrogens is 445 g/mol. The first-order valence-corrected chi connectivity index (χ1v) is 10.0. The van der Waals surface area contributed by atoms with Gasteiger partial charge in [0.1, 0.15) is 24.9 Å². The van der Waals surface area contributed by atoms with Gasteiger partial charge in [-0.2, -0.15) is 0 Å². The maximum Gasteiger partial charge on any atom is 0.142 e. The first kappa shape index (κ1) is 19.3. The molecule has 1 N–H and O–H groups in total. The van der Waals surface area contributed by atoms with E-state index < -0.39 is 18.3 Å². The molecule has 26 heavy (non-hydrogen) atoms. The van der Waals surface area contributed by atoms with E-state index in [1.807, 2.05) is 60.7 Å². The Labute approximate surface area is 167 Å². The van der Waals surface area contributed by atoms with Crippen LogP contribution in [0.1, 0.15) is 11.1 Å². The molecule has 0 saturated carbocycles. The van der Waals surface area contributed by atoms with Crippen LogP contribution in [-0.4, -0.2) is 40.2 Å². The number of hydrogen-bond donors (Lipinski definition) is 1. The molecule has 0 bridgehead atoms. The molecule has 6 heteroatoms. The maximum atomic E-state index is 10.5. The Hall–Kier alpha value is -1.48. The molecule has 1 aliphatic heterocycles. The van der Waals surface area contributed by atoms with Crippen molar-refractivity contribution in [1.82, 2.24) is 0 Å². The van der Waals surface area contributed by atoms with E-state index in [1.54, 1.807) is 6.21 Å². The third kappa shape index (κ3) is 5.26. The Bertz CT molecular complexity index is 683. The average molecular weight is 467 g/mol. The zero-order valence-electron chi connectivity index (χ0n) is 14.3. The number of benzene rings is 2. The molecule has 3 rings (SSSR count). The predicted molar refractivity (Wildman–Crippen MR) is 108 cm³/mol. The first-order valence-electron chi connectivity index (χ1n) is 8.52. The molecule has 2 aromatic carbocycles. The second kappa shape index (κ2) is 10.0. The van der Waals surface area contributed by atoms with E-state index in [2.05, 4.69) is 27.7 Å². The number of aliphatic hydroxyl groups excluding tert-OH is 1. The summed E-state index contributed by atoms with van der Waals surface area (Å²) in [7, 11) is 0. The summed E-state index contributed by atoms with van der Waals surface area (Å²) in [5, 5.41) is 14.5. The molecule has 0 radical (unpaired) electrons. The van der Waals surface area contributed by atoms with Gasteiger partial charge in [0.2, 0.25) is 0 Å². The Morgan fingerprint density at radius 1 is 1.00 bits per heavy atom. The lowest BCUT2D eigenvalue weighted by Gasteiger charge is -2.18. The van der Waals surface area contributed by atoms with Crippen molar-refractivity contribution >= 4 is 28.8 Å². The lowest BCUT2D eigenvalue weighted by molar-refractivity contribution is -0.0311. The topological polar surface area (TPSA) is 60.3 Å². The fraction of sp³-hybridized carbons (Fsp3) is 0.350. The molecule has 4 atom stereocenters. The number of alkyl halides is 1. The van der Waals surface area contributed by atoms with Gasteiger partial charge in [-0.05, 0) is 11.1 Å². The average Bonchev–Trinajstić information content (AvgIpc) is 3.00. The summed E-state index contributed by atoms with van der Waals surface area (Å²) in [6.45, 7) is 0.799. The number of aliphatic hydroxyl groups is 1. The number of ether oxygens (including phenoxy) is 2. The zero-order chi connectivity index (χ0) is 18.2. The van der Waals surface area contributed by atoms with E-state index in [1.165, 1.54) is 0 Å². The molecule has 1 heterocycles. The van der Waals surface area contributed by atoms with Gasteiger partial charge in [-0.3, -0.25) is 0 Å². The van der Waals surface area contributed by atoms with Gasteiger partial charge in [0.15, 0.2) is 0 Å². The normalized spacial score (nSPS) is 25.6. The molecular formula is C20H22INO4. The molecule has 0 unspecified atom stereocenters. The van der Waals surface area contributed by atoms with Crippen LogP contribution >= 0.6 is 22.6 Å². The smallest absolute Gasteiger partial charge is 0.142 e. The molecule has 1 fully saturated rings. The molecule has 0 aliphatic carbocycles. The van der Waals surface area contributed by atoms with Crippen molar-refractivity contribution in [1.29, 1.82) is 0 Å². The van der Waals surface area contributed by atoms with Crippen LogP contribution in [0.5, 0.6) is 0 Å². The van der Waals surface area contributed by atoms with Gasteiger partial charge < -0.3 is 19.4 Å². The van der Waals surface area contributed by atoms with Crippen LogP contribution in [-0.2, 0) is 27.5 Å². The van der Waals surface area contributed by atoms with Crippen LogP contribution in [0.2, 0.25) is 0 Å². The maximum absolute atomic E-state index is 10.5. The molecule has 0 aromatic heterocycles. The Kier molecular flexibility index (Phi) is 7.43. The summed E-state index contributed by atoms with van der Waals surface area (Å²) in [6.07, 6.45) is -0.305. The van der Waals surface area contributed by atoms with Crippen molar-refractivity contribution in [3.63, 3.8) is 0 Å². The molecule has 2 aromatic rings. The summed E-state index contributed by atoms with van der Waals surface area (Å²) in [5.74, 6) is 0. The third-order valence-electron chi connectivity index (χ3n) is 4.17. The zero-order valence-corrected chi connectivity index (χ0v) is 16.4. The van der Waals surface area contributed by atoms with Crippen LogP contribution < -0.4 is 0 Å². The van der Waals surface area contributed by atoms with Crippen molar-refractivity contribution in [2.24, 2.45) is 5.16 Å². The minimum Gasteiger partial charge on any atom is -0.391 e. The van der Waals surface area contributed by atoms with E-state index in [4.69, 9.17) is 14.3 Å². The van der Waals surface area contributed by atoms with Gasteiger partial charge >= 0.3 is 0 Å². The van der Waals surface area contributed by atoms with E-state index in [0.717, 1.165) is 11.1 Å². The Morgan fingerprint density at radius 2 is 1.62 bits per heavy atom. The minimum absolute atomic E-state index is 0.276. The van der Waals surface area contributed by atoms with Gasteiger partial charge in [-0.1, -0.05) is 88.4 Å². The van der Waals surface area contributed by atoms with E-state index in [-0.39, 0.29) is 6.10 Å². The fourth-order valence-corrected chi connectivity index (χ4v) is 3.49. The number of halogens is 1. The highest BCUT2D eigenvalue weighted by atomic mass is 127. The quantitative estimate of drug-likeness (QED) is 0.280. The van der Waals surface area contributed by atoms with Gasteiger partial charge in [0, 0.05) is 4.43 Å². The van der Waals surface area contributed by atoms with Crippen LogP contribution in [0, 0.1) is 0 Å². The number of nitrogens with zero attached hydrogens (tertiary/aromatic N) is 1. The highest BCUT2D eigenvalue weighted by molar-refractivity contribution is 14.1. The third-order valence-corrected chi connectivity index (χ3v) is 5.04. The molecule has 0 amide bonds. The predicted octanol–water partition coefficient (Wildman–Crippen LogP) is 3.34. The van der Waals surface area contributed by atoms with Crippen LogP contribution in [0.15, 0.2) is 65.8 Å². The Morgan fingerprint density at radius 3 is 2.23 bits per heavy atom. The molecule has 1 saturated heterocycles. The Balaban J connectivity index is 1.56. The van der Waals surface area contributed by atoms with Gasteiger partial charge in [-0.25, -0.2) is 0 Å². The highest BCUT2D eigenvalue weighted by Crippen LogP contribution is 2.25. The van der Waals surface area contributed by atoms with Crippen molar-refractivity contribution < 1.29 is 19.4 Å². The van der Waals surface area contributed by atoms with E-state index in [0.29, 0.717) is 17.6 Å². The van der Waals surface area contributed by atoms with Crippen molar-refractivity contribution in [3.05, 3.63) is 71.8 Å². The van der Waals surface area contributed by atoms with Gasteiger partial charge in [0.05, 0.1) is 18.9 Å². The number of hydrogen-bond acceptors (Lipinski definition) is 5. The van der Waals surface area contributed by atoms with Crippen molar-refractivity contribution in [2.75, 3.05) is 4.43 Å². The summed E-state index contributed by atoms with van der Waals surface area (Å²) < 4.78 is 12.5. The molecule has 138 valence electrons. The highest BCUT2D eigenvalue weighted by Gasteiger charge is 2.43. The standard InChI is InChI=1S/C20H22INO4/c21-11-17-19(23)20(24-13-15-7-3-1-4-8-15)18(26-17)12-22-25-14-16-9-5-2-6-10-16/h1-10,12,17-20,23H,11,13-14H2/b22-12+/t17-,18+,19+,20+/m0/s1. The van der Waals surface area contributed by atoms with Crippen molar-refractivity contribution in [3.8, 4) is 0 Å². The van der Waals surface area contributed by atoms with Crippen LogP contribution in [0.3, 0.4) is 0 Å². The van der Waals surface area contributed by atoms with Gasteiger partial charge in [-0.15, -0.1) is 0 Å². The van der Waals surface area contributed by atoms with E-state index >= 15 is 0 Å². The van der Waals surface area contributed by atoms with Crippen LogP contribution in [0.25, 0.3) is 0 Å². The monoisotopic (exact) mass is 467 g/mol. The molecule has 1 aliphatic rings. The largest absolute Gasteiger partial charge is 0.391 e. The minimum atomic E-state index is -0.693. The summed E-state index contributed by atoms with van der Waals surface area (Å²) >= 11 is 2.20. The van der Waals surface area contributed by atoms with Crippen LogP contribution in [0.4, 0.5) is 0 Å². The number of oxime groups is 1. The first-order chi connectivity index (χ1) is 12.8. The summed E-state index contributed by atoms with van der Waals surface area (Å²) in [4.78, 5) is 5.35. The lowest BCUT2D eigenvalue weighted by atomic mass is 10.1. The second-order valence-corrected chi connectivity index (χ2v) is 6.94.